The van der Waals surface area contributed by atoms with E-state index in [1.165, 1.54) is 44.4 Å². The average Bonchev–Trinajstić information content (AvgIpc) is 2.87. The van der Waals surface area contributed by atoms with Crippen molar-refractivity contribution < 1.29 is 13.9 Å². The summed E-state index contributed by atoms with van der Waals surface area (Å²) in [6.45, 7) is 4.48. The van der Waals surface area contributed by atoms with Gasteiger partial charge in [0.2, 0.25) is 0 Å². The monoisotopic (exact) mass is 345 g/mol. The predicted molar refractivity (Wildman–Crippen MR) is 98.3 cm³/mol. The fourth-order valence-corrected chi connectivity index (χ4v) is 4.54. The van der Waals surface area contributed by atoms with Crippen molar-refractivity contribution in [3.05, 3.63) is 35.3 Å². The van der Waals surface area contributed by atoms with E-state index in [0.717, 1.165) is 35.4 Å². The number of hydrogen-bond donors (Lipinski definition) is 0. The van der Waals surface area contributed by atoms with Gasteiger partial charge in [0.05, 0.1) is 7.11 Å². The molecule has 1 fully saturated rings. The lowest BCUT2D eigenvalue weighted by atomic mass is 9.76. The number of nitrogens with zero attached hydrogens (tertiary/aromatic N) is 1. The molecule has 136 valence electrons. The first kappa shape index (κ1) is 18.0. The lowest BCUT2D eigenvalue weighted by Crippen LogP contribution is -2.15. The van der Waals surface area contributed by atoms with Crippen LogP contribution in [0.5, 0.6) is 0 Å². The number of benzene rings is 1. The Morgan fingerprint density at radius 2 is 2.00 bits per heavy atom. The van der Waals surface area contributed by atoms with Crippen LogP contribution in [0.1, 0.15) is 62.6 Å². The van der Waals surface area contributed by atoms with Gasteiger partial charge in [0.15, 0.2) is 0 Å². The lowest BCUT2D eigenvalue weighted by Gasteiger charge is -2.29. The number of halogens is 1. The molecule has 4 heteroatoms. The second-order valence-electron chi connectivity index (χ2n) is 7.33. The Morgan fingerprint density at radius 1 is 1.28 bits per heavy atom. The molecule has 0 atom stereocenters. The van der Waals surface area contributed by atoms with Gasteiger partial charge in [-0.1, -0.05) is 19.8 Å². The van der Waals surface area contributed by atoms with Gasteiger partial charge < -0.3 is 9.30 Å². The van der Waals surface area contributed by atoms with Gasteiger partial charge in [0, 0.05) is 16.6 Å². The molecule has 0 N–H and O–H groups in total. The maximum atomic E-state index is 13.9. The third kappa shape index (κ3) is 3.58. The molecule has 0 saturated heterocycles. The summed E-state index contributed by atoms with van der Waals surface area (Å²) in [6.07, 6.45) is 7.36. The van der Waals surface area contributed by atoms with E-state index in [9.17, 15) is 9.18 Å². The molecule has 1 aromatic heterocycles. The van der Waals surface area contributed by atoms with Crippen LogP contribution in [0, 0.1) is 18.7 Å². The van der Waals surface area contributed by atoms with Gasteiger partial charge in [-0.2, -0.15) is 0 Å². The summed E-state index contributed by atoms with van der Waals surface area (Å²) in [5.41, 5.74) is 3.23. The number of methoxy groups -OCH3 is 1. The third-order valence-electron chi connectivity index (χ3n) is 5.80. The minimum atomic E-state index is -0.275. The molecule has 0 spiro atoms. The Kier molecular flexibility index (Phi) is 5.45. The van der Waals surface area contributed by atoms with Crippen molar-refractivity contribution in [2.45, 2.75) is 64.8 Å². The summed E-state index contributed by atoms with van der Waals surface area (Å²) in [6, 6.07) is 4.88. The van der Waals surface area contributed by atoms with Crippen molar-refractivity contribution in [3.63, 3.8) is 0 Å². The molecule has 0 radical (unpaired) electrons. The van der Waals surface area contributed by atoms with Gasteiger partial charge in [-0.3, -0.25) is 4.79 Å². The highest BCUT2D eigenvalue weighted by molar-refractivity contribution is 5.87. The molecule has 1 aromatic carbocycles. The molecular weight excluding hydrogens is 317 g/mol. The standard InChI is InChI=1S/C21H28FNO2/c1-4-5-15-6-8-16(9-7-15)21-14(2)23(13-20(24)25-3)19-11-10-17(22)12-18(19)21/h10-12,15-16H,4-9,13H2,1-3H3. The van der Waals surface area contributed by atoms with Crippen LogP contribution >= 0.6 is 0 Å². The highest BCUT2D eigenvalue weighted by Gasteiger charge is 2.27. The molecule has 25 heavy (non-hydrogen) atoms. The smallest absolute Gasteiger partial charge is 0.325 e. The van der Waals surface area contributed by atoms with Crippen molar-refractivity contribution in [2.75, 3.05) is 7.11 Å². The van der Waals surface area contributed by atoms with Gasteiger partial charge in [-0.15, -0.1) is 0 Å². The number of rotatable bonds is 5. The first-order valence-electron chi connectivity index (χ1n) is 9.40. The zero-order valence-corrected chi connectivity index (χ0v) is 15.5. The van der Waals surface area contributed by atoms with E-state index in [2.05, 4.69) is 6.92 Å². The van der Waals surface area contributed by atoms with Gasteiger partial charge in [-0.05, 0) is 68.2 Å². The van der Waals surface area contributed by atoms with Crippen LogP contribution < -0.4 is 0 Å². The van der Waals surface area contributed by atoms with E-state index in [1.54, 1.807) is 12.1 Å². The van der Waals surface area contributed by atoms with Crippen LogP contribution in [0.15, 0.2) is 18.2 Å². The Hall–Kier alpha value is -1.84. The van der Waals surface area contributed by atoms with Crippen molar-refractivity contribution in [1.82, 2.24) is 4.57 Å². The van der Waals surface area contributed by atoms with Gasteiger partial charge >= 0.3 is 5.97 Å². The van der Waals surface area contributed by atoms with Crippen LogP contribution in [0.3, 0.4) is 0 Å². The fraction of sp³-hybridized carbons (Fsp3) is 0.571. The van der Waals surface area contributed by atoms with Gasteiger partial charge in [-0.25, -0.2) is 4.39 Å². The van der Waals surface area contributed by atoms with Crippen molar-refractivity contribution >= 4 is 16.9 Å². The van der Waals surface area contributed by atoms with Gasteiger partial charge in [0.25, 0.3) is 0 Å². The summed E-state index contributed by atoms with van der Waals surface area (Å²) in [4.78, 5) is 11.8. The van der Waals surface area contributed by atoms with E-state index in [0.29, 0.717) is 5.92 Å². The molecule has 0 aliphatic heterocycles. The van der Waals surface area contributed by atoms with E-state index in [-0.39, 0.29) is 18.3 Å². The molecule has 0 unspecified atom stereocenters. The number of fused-ring (bicyclic) bond motifs is 1. The predicted octanol–water partition coefficient (Wildman–Crippen LogP) is 5.34. The van der Waals surface area contributed by atoms with Crippen molar-refractivity contribution in [2.24, 2.45) is 5.92 Å². The molecular formula is C21H28FNO2. The first-order chi connectivity index (χ1) is 12.0. The van der Waals surface area contributed by atoms with Crippen LogP contribution in [-0.4, -0.2) is 17.6 Å². The summed E-state index contributed by atoms with van der Waals surface area (Å²) in [5.74, 6) is 0.796. The number of carbonyl (C=O) groups is 1. The first-order valence-corrected chi connectivity index (χ1v) is 9.40. The second kappa shape index (κ2) is 7.59. The zero-order chi connectivity index (χ0) is 18.0. The van der Waals surface area contributed by atoms with Crippen LogP contribution in [0.2, 0.25) is 0 Å². The quantitative estimate of drug-likeness (QED) is 0.685. The molecule has 0 bridgehead atoms. The molecule has 2 aromatic rings. The maximum Gasteiger partial charge on any atom is 0.325 e. The third-order valence-corrected chi connectivity index (χ3v) is 5.80. The Bertz CT molecular complexity index is 757. The number of aromatic nitrogens is 1. The van der Waals surface area contributed by atoms with Crippen LogP contribution in [-0.2, 0) is 16.1 Å². The molecule has 3 rings (SSSR count). The summed E-state index contributed by atoms with van der Waals surface area (Å²) < 4.78 is 20.7. The number of carbonyl (C=O) groups excluding carboxylic acids is 1. The average molecular weight is 345 g/mol. The van der Waals surface area contributed by atoms with Crippen molar-refractivity contribution in [1.29, 1.82) is 0 Å². The largest absolute Gasteiger partial charge is 0.468 e. The van der Waals surface area contributed by atoms with Gasteiger partial charge in [0.1, 0.15) is 12.4 Å². The number of hydrogen-bond acceptors (Lipinski definition) is 2. The summed E-state index contributed by atoms with van der Waals surface area (Å²) >= 11 is 0. The molecule has 1 aliphatic rings. The highest BCUT2D eigenvalue weighted by atomic mass is 19.1. The normalized spacial score (nSPS) is 20.8. The lowest BCUT2D eigenvalue weighted by molar-refractivity contribution is -0.141. The second-order valence-corrected chi connectivity index (χ2v) is 7.33. The van der Waals surface area contributed by atoms with E-state index in [4.69, 9.17) is 4.74 Å². The topological polar surface area (TPSA) is 31.2 Å². The minimum Gasteiger partial charge on any atom is -0.468 e. The summed E-state index contributed by atoms with van der Waals surface area (Å²) in [5, 5.41) is 0.959. The van der Waals surface area contributed by atoms with Crippen LogP contribution in [0.4, 0.5) is 4.39 Å². The molecule has 3 nitrogen and oxygen atoms in total. The molecule has 1 aliphatic carbocycles. The maximum absolute atomic E-state index is 13.9. The fourth-order valence-electron chi connectivity index (χ4n) is 4.54. The van der Waals surface area contributed by atoms with E-state index >= 15 is 0 Å². The number of ether oxygens (including phenoxy) is 1. The molecule has 1 saturated carbocycles. The molecule has 1 heterocycles. The zero-order valence-electron chi connectivity index (χ0n) is 15.5. The van der Waals surface area contributed by atoms with Crippen molar-refractivity contribution in [3.8, 4) is 0 Å². The molecule has 0 amide bonds. The summed E-state index contributed by atoms with van der Waals surface area (Å²) in [7, 11) is 1.40. The van der Waals surface area contributed by atoms with E-state index in [1.807, 2.05) is 11.5 Å². The SMILES string of the molecule is CCCC1CCC(c2c(C)n(CC(=O)OC)c3ccc(F)cc23)CC1. The highest BCUT2D eigenvalue weighted by Crippen LogP contribution is 2.42. The Balaban J connectivity index is 1.98. The Morgan fingerprint density at radius 3 is 2.64 bits per heavy atom. The van der Waals surface area contributed by atoms with E-state index < -0.39 is 0 Å². The minimum absolute atomic E-state index is 0.176. The Labute approximate surface area is 149 Å². The van der Waals surface area contributed by atoms with Crippen LogP contribution in [0.25, 0.3) is 10.9 Å². The number of esters is 1.